The highest BCUT2D eigenvalue weighted by Gasteiger charge is 2.37. The third-order valence-electron chi connectivity index (χ3n) is 6.44. The molecule has 2 fully saturated rings. The number of benzene rings is 1. The molecule has 1 aromatic rings. The second-order valence-electron chi connectivity index (χ2n) is 8.77. The molecule has 2 saturated carbocycles. The summed E-state index contributed by atoms with van der Waals surface area (Å²) in [6, 6.07) is 6.11. The summed E-state index contributed by atoms with van der Waals surface area (Å²) in [5.74, 6) is 0.189. The summed E-state index contributed by atoms with van der Waals surface area (Å²) >= 11 is 0. The molecule has 1 unspecified atom stereocenters. The van der Waals surface area contributed by atoms with Crippen molar-refractivity contribution < 1.29 is 14.3 Å². The zero-order valence-electron chi connectivity index (χ0n) is 17.3. The van der Waals surface area contributed by atoms with Crippen LogP contribution < -0.4 is 15.4 Å². The average molecular weight is 397 g/mol. The van der Waals surface area contributed by atoms with E-state index in [-0.39, 0.29) is 17.7 Å². The van der Waals surface area contributed by atoms with Gasteiger partial charge in [-0.3, -0.25) is 9.59 Å². The van der Waals surface area contributed by atoms with Crippen molar-refractivity contribution in [3.8, 4) is 5.75 Å². The van der Waals surface area contributed by atoms with Crippen LogP contribution >= 0.6 is 0 Å². The molecule has 3 aliphatic rings. The van der Waals surface area contributed by atoms with Crippen LogP contribution in [0, 0.1) is 6.92 Å². The number of amides is 1. The van der Waals surface area contributed by atoms with E-state index in [1.165, 1.54) is 25.7 Å². The van der Waals surface area contributed by atoms with Crippen molar-refractivity contribution in [2.45, 2.75) is 89.3 Å². The molecule has 5 nitrogen and oxygen atoms in total. The van der Waals surface area contributed by atoms with Gasteiger partial charge in [0.1, 0.15) is 5.75 Å². The van der Waals surface area contributed by atoms with Gasteiger partial charge in [-0.2, -0.15) is 0 Å². The standard InChI is InChI=1S/C24H32N2O3/c1-16-12-13-21-19(14-16)22(27)20(15-25-17-8-4-2-5-9-17)23(29-21)24(28)26-18-10-6-3-7-11-18/h12-15,17-18,23,25H,2-11H2,1H3,(H,26,28)/b20-15+. The first-order valence-electron chi connectivity index (χ1n) is 11.2. The highest BCUT2D eigenvalue weighted by molar-refractivity contribution is 6.15. The van der Waals surface area contributed by atoms with E-state index in [0.717, 1.165) is 44.1 Å². The fourth-order valence-electron chi connectivity index (χ4n) is 4.73. The summed E-state index contributed by atoms with van der Waals surface area (Å²) in [5.41, 5.74) is 1.97. The number of hydrogen-bond acceptors (Lipinski definition) is 4. The molecule has 0 spiro atoms. The van der Waals surface area contributed by atoms with Crippen LogP contribution in [0.2, 0.25) is 0 Å². The van der Waals surface area contributed by atoms with Gasteiger partial charge in [-0.05, 0) is 44.7 Å². The Labute approximate surface area is 173 Å². The van der Waals surface area contributed by atoms with Gasteiger partial charge < -0.3 is 15.4 Å². The first kappa shape index (κ1) is 20.0. The van der Waals surface area contributed by atoms with Crippen molar-refractivity contribution in [3.63, 3.8) is 0 Å². The number of rotatable bonds is 4. The van der Waals surface area contributed by atoms with Crippen LogP contribution in [-0.4, -0.2) is 29.9 Å². The lowest BCUT2D eigenvalue weighted by atomic mass is 9.92. The predicted molar refractivity (Wildman–Crippen MR) is 113 cm³/mol. The fourth-order valence-corrected chi connectivity index (χ4v) is 4.73. The van der Waals surface area contributed by atoms with Gasteiger partial charge in [-0.15, -0.1) is 0 Å². The summed E-state index contributed by atoms with van der Waals surface area (Å²) in [5, 5.41) is 6.55. The maximum atomic E-state index is 13.3. The number of Topliss-reactive ketones (excluding diaryl/α,β-unsaturated/α-hetero) is 1. The number of fused-ring (bicyclic) bond motifs is 1. The van der Waals surface area contributed by atoms with Gasteiger partial charge in [0.2, 0.25) is 6.10 Å². The molecule has 1 aromatic carbocycles. The van der Waals surface area contributed by atoms with E-state index in [1.807, 2.05) is 19.1 Å². The fraction of sp³-hybridized carbons (Fsp3) is 0.583. The van der Waals surface area contributed by atoms with Gasteiger partial charge in [0.15, 0.2) is 5.78 Å². The third-order valence-corrected chi connectivity index (χ3v) is 6.44. The van der Waals surface area contributed by atoms with E-state index in [0.29, 0.717) is 22.9 Å². The second-order valence-corrected chi connectivity index (χ2v) is 8.77. The Morgan fingerprint density at radius 2 is 1.66 bits per heavy atom. The van der Waals surface area contributed by atoms with Gasteiger partial charge in [0.25, 0.3) is 5.91 Å². The molecule has 0 aromatic heterocycles. The maximum absolute atomic E-state index is 13.3. The highest BCUT2D eigenvalue weighted by atomic mass is 16.5. The van der Waals surface area contributed by atoms with Crippen LogP contribution in [0.25, 0.3) is 0 Å². The van der Waals surface area contributed by atoms with E-state index in [9.17, 15) is 9.59 Å². The monoisotopic (exact) mass is 396 g/mol. The number of nitrogens with one attached hydrogen (secondary N) is 2. The molecule has 2 aliphatic carbocycles. The Kier molecular flexibility index (Phi) is 6.22. The minimum absolute atomic E-state index is 0.109. The molecular formula is C24H32N2O3. The molecule has 1 heterocycles. The zero-order valence-corrected chi connectivity index (χ0v) is 17.3. The molecular weight excluding hydrogens is 364 g/mol. The number of ketones is 1. The summed E-state index contributed by atoms with van der Waals surface area (Å²) in [6.07, 6.45) is 12.3. The number of carbonyl (C=O) groups excluding carboxylic acids is 2. The molecule has 1 aliphatic heterocycles. The van der Waals surface area contributed by atoms with Crippen molar-refractivity contribution in [2.75, 3.05) is 0 Å². The SMILES string of the molecule is Cc1ccc2c(c1)C(=O)/C(=C\NC1CCCCC1)C(C(=O)NC1CCCCC1)O2. The first-order valence-corrected chi connectivity index (χ1v) is 11.2. The Morgan fingerprint density at radius 3 is 2.34 bits per heavy atom. The van der Waals surface area contributed by atoms with Crippen molar-refractivity contribution in [3.05, 3.63) is 41.1 Å². The molecule has 0 saturated heterocycles. The Bertz CT molecular complexity index is 789. The predicted octanol–water partition coefficient (Wildman–Crippen LogP) is 4.19. The summed E-state index contributed by atoms with van der Waals surface area (Å²) < 4.78 is 6.07. The molecule has 5 heteroatoms. The van der Waals surface area contributed by atoms with Gasteiger partial charge >= 0.3 is 0 Å². The number of ether oxygens (including phenoxy) is 1. The highest BCUT2D eigenvalue weighted by Crippen LogP contribution is 2.32. The van der Waals surface area contributed by atoms with Crippen LogP contribution in [0.3, 0.4) is 0 Å². The molecule has 4 rings (SSSR count). The molecule has 156 valence electrons. The molecule has 1 atom stereocenters. The maximum Gasteiger partial charge on any atom is 0.266 e. The smallest absolute Gasteiger partial charge is 0.266 e. The lowest BCUT2D eigenvalue weighted by molar-refractivity contribution is -0.127. The van der Waals surface area contributed by atoms with E-state index in [1.54, 1.807) is 12.3 Å². The van der Waals surface area contributed by atoms with Crippen LogP contribution in [0.4, 0.5) is 0 Å². The van der Waals surface area contributed by atoms with Gasteiger partial charge in [-0.1, -0.05) is 50.2 Å². The minimum atomic E-state index is -0.893. The molecule has 0 bridgehead atoms. The molecule has 29 heavy (non-hydrogen) atoms. The lowest BCUT2D eigenvalue weighted by Gasteiger charge is -2.30. The Balaban J connectivity index is 1.57. The minimum Gasteiger partial charge on any atom is -0.475 e. The average Bonchev–Trinajstić information content (AvgIpc) is 2.75. The van der Waals surface area contributed by atoms with Gasteiger partial charge in [-0.25, -0.2) is 0 Å². The lowest BCUT2D eigenvalue weighted by Crippen LogP contribution is -2.48. The first-order chi connectivity index (χ1) is 14.1. The van der Waals surface area contributed by atoms with Crippen molar-refractivity contribution in [1.29, 1.82) is 0 Å². The largest absolute Gasteiger partial charge is 0.475 e. The van der Waals surface area contributed by atoms with Crippen LogP contribution in [0.5, 0.6) is 5.75 Å². The number of hydrogen-bond donors (Lipinski definition) is 2. The van der Waals surface area contributed by atoms with Gasteiger partial charge in [0.05, 0.1) is 11.1 Å². The van der Waals surface area contributed by atoms with Crippen LogP contribution in [0.1, 0.15) is 80.1 Å². The molecule has 1 amide bonds. The Hall–Kier alpha value is -2.30. The second kappa shape index (κ2) is 9.02. The zero-order chi connectivity index (χ0) is 20.2. The van der Waals surface area contributed by atoms with E-state index in [4.69, 9.17) is 4.74 Å². The quantitative estimate of drug-likeness (QED) is 0.749. The number of aryl methyl sites for hydroxylation is 1. The third kappa shape index (κ3) is 4.65. The van der Waals surface area contributed by atoms with Crippen molar-refractivity contribution in [2.24, 2.45) is 0 Å². The van der Waals surface area contributed by atoms with E-state index in [2.05, 4.69) is 10.6 Å². The van der Waals surface area contributed by atoms with Gasteiger partial charge in [0, 0.05) is 18.3 Å². The van der Waals surface area contributed by atoms with Crippen LogP contribution in [0.15, 0.2) is 30.0 Å². The molecule has 0 radical (unpaired) electrons. The Morgan fingerprint density at radius 1 is 1.00 bits per heavy atom. The summed E-state index contributed by atoms with van der Waals surface area (Å²) in [7, 11) is 0. The van der Waals surface area contributed by atoms with E-state index < -0.39 is 6.10 Å². The van der Waals surface area contributed by atoms with Crippen molar-refractivity contribution >= 4 is 11.7 Å². The normalized spacial score (nSPS) is 24.7. The molecule has 2 N–H and O–H groups in total. The van der Waals surface area contributed by atoms with Crippen molar-refractivity contribution in [1.82, 2.24) is 10.6 Å². The number of carbonyl (C=O) groups is 2. The summed E-state index contributed by atoms with van der Waals surface area (Å²) in [4.78, 5) is 26.4. The van der Waals surface area contributed by atoms with E-state index >= 15 is 0 Å². The van der Waals surface area contributed by atoms with Crippen LogP contribution in [-0.2, 0) is 4.79 Å². The summed E-state index contributed by atoms with van der Waals surface area (Å²) in [6.45, 7) is 1.96. The topological polar surface area (TPSA) is 67.4 Å².